The highest BCUT2D eigenvalue weighted by atomic mass is 32.2. The summed E-state index contributed by atoms with van der Waals surface area (Å²) in [6.07, 6.45) is 3.30. The van der Waals surface area contributed by atoms with Crippen LogP contribution in [0.15, 0.2) is 57.8 Å². The van der Waals surface area contributed by atoms with Crippen LogP contribution in [-0.2, 0) is 19.4 Å². The molecule has 1 aromatic heterocycles. The molecule has 0 spiro atoms. The van der Waals surface area contributed by atoms with Crippen molar-refractivity contribution in [1.29, 1.82) is 0 Å². The van der Waals surface area contributed by atoms with Crippen molar-refractivity contribution in [2.75, 3.05) is 28.7 Å². The van der Waals surface area contributed by atoms with Crippen LogP contribution in [0.2, 0.25) is 0 Å². The number of nitrogens with zero attached hydrogens (tertiary/aromatic N) is 3. The topological polar surface area (TPSA) is 109 Å². The predicted octanol–water partition coefficient (Wildman–Crippen LogP) is 3.39. The summed E-state index contributed by atoms with van der Waals surface area (Å²) in [6.45, 7) is -0.852. The number of anilines is 1. The van der Waals surface area contributed by atoms with Gasteiger partial charge in [0.25, 0.3) is 5.91 Å². The van der Waals surface area contributed by atoms with Gasteiger partial charge in [0.15, 0.2) is 15.0 Å². The van der Waals surface area contributed by atoms with E-state index in [1.54, 1.807) is 19.1 Å². The van der Waals surface area contributed by atoms with Gasteiger partial charge in [0.05, 0.1) is 29.2 Å². The number of aliphatic imine (C=N–C) groups is 1. The molecule has 0 radical (unpaired) electrons. The number of halogens is 2. The molecule has 1 unspecified atom stereocenters. The Hall–Kier alpha value is -3.19. The van der Waals surface area contributed by atoms with E-state index in [1.807, 2.05) is 0 Å². The minimum Gasteiger partial charge on any atom is -0.465 e. The summed E-state index contributed by atoms with van der Waals surface area (Å²) in [5.41, 5.74) is 0.416. The minimum absolute atomic E-state index is 0.0514. The van der Waals surface area contributed by atoms with E-state index in [0.29, 0.717) is 24.4 Å². The van der Waals surface area contributed by atoms with Crippen molar-refractivity contribution in [2.45, 2.75) is 26.0 Å². The van der Waals surface area contributed by atoms with Gasteiger partial charge >= 0.3 is 6.61 Å². The van der Waals surface area contributed by atoms with Gasteiger partial charge in [-0.3, -0.25) is 14.5 Å². The van der Waals surface area contributed by atoms with Gasteiger partial charge in [0, 0.05) is 18.7 Å². The molecule has 0 bridgehead atoms. The van der Waals surface area contributed by atoms with Gasteiger partial charge in [-0.05, 0) is 49.7 Å². The zero-order valence-electron chi connectivity index (χ0n) is 19.2. The van der Waals surface area contributed by atoms with Crippen molar-refractivity contribution in [3.8, 4) is 5.75 Å². The number of rotatable bonds is 8. The molecule has 0 aliphatic carbocycles. The molecule has 1 aromatic carbocycles. The van der Waals surface area contributed by atoms with Crippen molar-refractivity contribution in [3.63, 3.8) is 0 Å². The molecule has 0 saturated carbocycles. The molecule has 36 heavy (non-hydrogen) atoms. The number of alkyl halides is 2. The summed E-state index contributed by atoms with van der Waals surface area (Å²) < 4.78 is 58.4. The molecule has 4 rings (SSSR count). The Bertz CT molecular complexity index is 1280. The maximum Gasteiger partial charge on any atom is 0.387 e. The van der Waals surface area contributed by atoms with Gasteiger partial charge < -0.3 is 14.1 Å². The zero-order valence-corrected chi connectivity index (χ0v) is 20.8. The average Bonchev–Trinajstić information content (AvgIpc) is 3.54. The SMILES string of the molecule is CCN(C(=O)CSC1=NC(=Cc2ccco2)C(=O)N1c1ccc(OC(F)F)cc1)C1CCS(=O)(=O)C1. The first kappa shape index (κ1) is 25.9. The maximum absolute atomic E-state index is 13.2. The summed E-state index contributed by atoms with van der Waals surface area (Å²) in [7, 11) is -3.16. The number of ether oxygens (including phenoxy) is 1. The minimum atomic E-state index is -3.16. The van der Waals surface area contributed by atoms with Crippen LogP contribution in [0.5, 0.6) is 5.75 Å². The molecule has 2 amide bonds. The van der Waals surface area contributed by atoms with Crippen LogP contribution in [0.1, 0.15) is 19.1 Å². The van der Waals surface area contributed by atoms with Gasteiger partial charge in [-0.25, -0.2) is 13.4 Å². The Kier molecular flexibility index (Phi) is 7.79. The fourth-order valence-corrected chi connectivity index (χ4v) is 6.60. The van der Waals surface area contributed by atoms with Crippen molar-refractivity contribution in [1.82, 2.24) is 4.90 Å². The summed E-state index contributed by atoms with van der Waals surface area (Å²) in [6, 6.07) is 8.40. The van der Waals surface area contributed by atoms with Crippen LogP contribution in [0, 0.1) is 0 Å². The van der Waals surface area contributed by atoms with Crippen LogP contribution < -0.4 is 9.64 Å². The van der Waals surface area contributed by atoms with Gasteiger partial charge in [0.2, 0.25) is 5.91 Å². The van der Waals surface area contributed by atoms with Crippen LogP contribution >= 0.6 is 11.8 Å². The number of thioether (sulfide) groups is 1. The standard InChI is InChI=1S/C23H23F2N3O6S2/c1-2-27(16-9-11-36(31,32)14-16)20(29)13-35-23-26-19(12-18-4-3-10-33-18)21(30)28(23)15-5-7-17(8-6-15)34-22(24)25/h3-8,10,12,16,22H,2,9,11,13-14H2,1H3. The second-order valence-corrected chi connectivity index (χ2v) is 11.1. The third-order valence-corrected chi connectivity index (χ3v) is 8.28. The van der Waals surface area contributed by atoms with Gasteiger partial charge in [0.1, 0.15) is 17.2 Å². The predicted molar refractivity (Wildman–Crippen MR) is 132 cm³/mol. The normalized spacial score (nSPS) is 20.3. The Morgan fingerprint density at radius 2 is 2.08 bits per heavy atom. The molecule has 192 valence electrons. The lowest BCUT2D eigenvalue weighted by atomic mass is 10.2. The largest absolute Gasteiger partial charge is 0.465 e. The van der Waals surface area contributed by atoms with Gasteiger partial charge in [-0.1, -0.05) is 11.8 Å². The van der Waals surface area contributed by atoms with Crippen LogP contribution in [0.3, 0.4) is 0 Å². The highest BCUT2D eigenvalue weighted by Gasteiger charge is 2.36. The maximum atomic E-state index is 13.2. The lowest BCUT2D eigenvalue weighted by Crippen LogP contribution is -2.42. The van der Waals surface area contributed by atoms with Crippen molar-refractivity contribution in [2.24, 2.45) is 4.99 Å². The number of carbonyl (C=O) groups is 2. The molecular formula is C23H23F2N3O6S2. The van der Waals surface area contributed by atoms with Crippen LogP contribution in [0.4, 0.5) is 14.5 Å². The summed E-state index contributed by atoms with van der Waals surface area (Å²) in [5, 5.41) is 0.212. The zero-order chi connectivity index (χ0) is 25.9. The molecule has 0 N–H and O–H groups in total. The molecule has 13 heteroatoms. The number of hydrogen-bond donors (Lipinski definition) is 0. The molecule has 2 aliphatic heterocycles. The van der Waals surface area contributed by atoms with E-state index in [0.717, 1.165) is 11.8 Å². The highest BCUT2D eigenvalue weighted by Crippen LogP contribution is 2.31. The van der Waals surface area contributed by atoms with E-state index in [4.69, 9.17) is 4.42 Å². The third-order valence-electron chi connectivity index (χ3n) is 5.61. The van der Waals surface area contributed by atoms with E-state index < -0.39 is 22.4 Å². The first-order valence-corrected chi connectivity index (χ1v) is 13.8. The molecule has 9 nitrogen and oxygen atoms in total. The molecule has 3 heterocycles. The number of amides is 2. The summed E-state index contributed by atoms with van der Waals surface area (Å²) >= 11 is 1.02. The van der Waals surface area contributed by atoms with Gasteiger partial charge in [-0.2, -0.15) is 8.78 Å². The van der Waals surface area contributed by atoms with E-state index in [1.165, 1.54) is 46.4 Å². The Morgan fingerprint density at radius 3 is 2.67 bits per heavy atom. The highest BCUT2D eigenvalue weighted by molar-refractivity contribution is 8.14. The molecule has 2 aliphatic rings. The van der Waals surface area contributed by atoms with Crippen molar-refractivity contribution < 1.29 is 35.9 Å². The van der Waals surface area contributed by atoms with E-state index >= 15 is 0 Å². The Morgan fingerprint density at radius 1 is 1.33 bits per heavy atom. The number of furan rings is 1. The number of amidine groups is 1. The van der Waals surface area contributed by atoms with Gasteiger partial charge in [-0.15, -0.1) is 0 Å². The smallest absolute Gasteiger partial charge is 0.387 e. The van der Waals surface area contributed by atoms with E-state index in [9.17, 15) is 26.8 Å². The lowest BCUT2D eigenvalue weighted by Gasteiger charge is -2.27. The lowest BCUT2D eigenvalue weighted by molar-refractivity contribution is -0.129. The first-order valence-electron chi connectivity index (χ1n) is 11.0. The second-order valence-electron chi connectivity index (χ2n) is 7.98. The molecule has 2 aromatic rings. The molecule has 1 fully saturated rings. The Balaban J connectivity index is 1.55. The van der Waals surface area contributed by atoms with Crippen LogP contribution in [-0.4, -0.2) is 66.8 Å². The fourth-order valence-electron chi connectivity index (χ4n) is 3.97. The average molecular weight is 540 g/mol. The van der Waals surface area contributed by atoms with E-state index in [2.05, 4.69) is 9.73 Å². The number of sulfone groups is 1. The first-order chi connectivity index (χ1) is 17.2. The monoisotopic (exact) mass is 539 g/mol. The summed E-state index contributed by atoms with van der Waals surface area (Å²) in [4.78, 5) is 33.4. The fraction of sp³-hybridized carbons (Fsp3) is 0.348. The number of hydrogen-bond acceptors (Lipinski definition) is 8. The third kappa shape index (κ3) is 5.95. The number of carbonyl (C=O) groups excluding carboxylic acids is 2. The second kappa shape index (κ2) is 10.8. The quantitative estimate of drug-likeness (QED) is 0.473. The molecule has 1 atom stereocenters. The van der Waals surface area contributed by atoms with Crippen LogP contribution in [0.25, 0.3) is 6.08 Å². The van der Waals surface area contributed by atoms with E-state index in [-0.39, 0.29) is 45.8 Å². The number of benzene rings is 1. The summed E-state index contributed by atoms with van der Waals surface area (Å²) in [5.74, 6) is -0.514. The Labute approximate surface area is 210 Å². The molecular weight excluding hydrogens is 516 g/mol. The van der Waals surface area contributed by atoms with Crippen molar-refractivity contribution in [3.05, 3.63) is 54.1 Å². The van der Waals surface area contributed by atoms with Crippen molar-refractivity contribution >= 4 is 50.3 Å². The molecule has 1 saturated heterocycles.